The Morgan fingerprint density at radius 3 is 2.65 bits per heavy atom. The molecular weight excluding hydrogens is 350 g/mol. The molecule has 1 saturated heterocycles. The number of amides is 1. The second-order valence-electron chi connectivity index (χ2n) is 7.91. The van der Waals surface area contributed by atoms with Crippen molar-refractivity contribution in [1.29, 1.82) is 0 Å². The Bertz CT molecular complexity index is 634. The van der Waals surface area contributed by atoms with Gasteiger partial charge < -0.3 is 10.2 Å². The number of piperazine rings is 1. The summed E-state index contributed by atoms with van der Waals surface area (Å²) in [5, 5.41) is 8.21. The molecule has 1 aromatic rings. The summed E-state index contributed by atoms with van der Waals surface area (Å²) >= 11 is 0. The third-order valence-corrected chi connectivity index (χ3v) is 6.15. The predicted octanol–water partition coefficient (Wildman–Crippen LogP) is 1.92. The highest BCUT2D eigenvalue weighted by Gasteiger charge is 2.32. The Balaban J connectivity index is 0.00000196. The van der Waals surface area contributed by atoms with Crippen LogP contribution in [0.4, 0.5) is 0 Å². The Morgan fingerprint density at radius 2 is 2.00 bits per heavy atom. The van der Waals surface area contributed by atoms with E-state index in [-0.39, 0.29) is 18.3 Å². The van der Waals surface area contributed by atoms with Crippen LogP contribution in [0.2, 0.25) is 0 Å². The molecule has 0 aromatic carbocycles. The SMILES string of the molecule is CCC(C)N1CCN(C(=O)c2nn(CC3CC3)c3c2CNCC3)CC1.Cl. The average molecular weight is 382 g/mol. The van der Waals surface area contributed by atoms with Crippen LogP contribution < -0.4 is 5.32 Å². The maximum Gasteiger partial charge on any atom is 0.274 e. The second kappa shape index (κ2) is 8.28. The van der Waals surface area contributed by atoms with Gasteiger partial charge in [-0.2, -0.15) is 5.10 Å². The van der Waals surface area contributed by atoms with Crippen molar-refractivity contribution in [2.75, 3.05) is 32.7 Å². The first kappa shape index (κ1) is 19.6. The number of hydrogen-bond donors (Lipinski definition) is 1. The van der Waals surface area contributed by atoms with Gasteiger partial charge in [-0.05, 0) is 32.1 Å². The van der Waals surface area contributed by atoms with Gasteiger partial charge in [0.15, 0.2) is 5.69 Å². The molecule has 1 aromatic heterocycles. The Labute approximate surface area is 162 Å². The van der Waals surface area contributed by atoms with E-state index in [2.05, 4.69) is 28.7 Å². The molecular formula is C19H32ClN5O. The number of fused-ring (bicyclic) bond motifs is 1. The van der Waals surface area contributed by atoms with E-state index in [1.807, 2.05) is 4.90 Å². The van der Waals surface area contributed by atoms with Crippen molar-refractivity contribution in [2.45, 2.75) is 58.7 Å². The summed E-state index contributed by atoms with van der Waals surface area (Å²) in [6.07, 6.45) is 4.78. The van der Waals surface area contributed by atoms with Crippen LogP contribution in [0.25, 0.3) is 0 Å². The molecule has 146 valence electrons. The Kier molecular flexibility index (Phi) is 6.25. The molecule has 1 saturated carbocycles. The maximum atomic E-state index is 13.1. The first-order valence-corrected chi connectivity index (χ1v) is 10.00. The lowest BCUT2D eigenvalue weighted by molar-refractivity contribution is 0.0572. The quantitative estimate of drug-likeness (QED) is 0.846. The lowest BCUT2D eigenvalue weighted by Gasteiger charge is -2.37. The van der Waals surface area contributed by atoms with Gasteiger partial charge >= 0.3 is 0 Å². The molecule has 0 bridgehead atoms. The van der Waals surface area contributed by atoms with Gasteiger partial charge in [0.1, 0.15) is 0 Å². The first-order chi connectivity index (χ1) is 12.2. The Hall–Kier alpha value is -1.11. The van der Waals surface area contributed by atoms with Gasteiger partial charge in [0.2, 0.25) is 0 Å². The number of carbonyl (C=O) groups is 1. The zero-order chi connectivity index (χ0) is 17.4. The number of carbonyl (C=O) groups excluding carboxylic acids is 1. The van der Waals surface area contributed by atoms with Crippen LogP contribution in [0.1, 0.15) is 54.9 Å². The topological polar surface area (TPSA) is 53.4 Å². The van der Waals surface area contributed by atoms with Gasteiger partial charge in [0, 0.05) is 69.5 Å². The van der Waals surface area contributed by atoms with E-state index < -0.39 is 0 Å². The largest absolute Gasteiger partial charge is 0.335 e. The molecule has 1 unspecified atom stereocenters. The van der Waals surface area contributed by atoms with E-state index in [1.54, 1.807) is 0 Å². The fourth-order valence-electron chi connectivity index (χ4n) is 4.06. The van der Waals surface area contributed by atoms with Gasteiger partial charge in [0.25, 0.3) is 5.91 Å². The summed E-state index contributed by atoms with van der Waals surface area (Å²) in [6.45, 7) is 10.9. The number of nitrogens with one attached hydrogen (secondary N) is 1. The maximum absolute atomic E-state index is 13.1. The molecule has 3 heterocycles. The third-order valence-electron chi connectivity index (χ3n) is 6.15. The predicted molar refractivity (Wildman–Crippen MR) is 105 cm³/mol. The molecule has 4 rings (SSSR count). The van der Waals surface area contributed by atoms with Crippen LogP contribution in [0.3, 0.4) is 0 Å². The zero-order valence-corrected chi connectivity index (χ0v) is 16.9. The van der Waals surface area contributed by atoms with Crippen molar-refractivity contribution in [1.82, 2.24) is 24.9 Å². The number of nitrogens with zero attached hydrogens (tertiary/aromatic N) is 4. The first-order valence-electron chi connectivity index (χ1n) is 10.00. The summed E-state index contributed by atoms with van der Waals surface area (Å²) in [5.41, 5.74) is 3.16. The normalized spacial score (nSPS) is 21.8. The summed E-state index contributed by atoms with van der Waals surface area (Å²) in [5.74, 6) is 0.916. The van der Waals surface area contributed by atoms with E-state index >= 15 is 0 Å². The zero-order valence-electron chi connectivity index (χ0n) is 16.0. The smallest absolute Gasteiger partial charge is 0.274 e. The van der Waals surface area contributed by atoms with Gasteiger partial charge in [-0.15, -0.1) is 12.4 Å². The molecule has 3 aliphatic rings. The van der Waals surface area contributed by atoms with Gasteiger partial charge in [-0.1, -0.05) is 6.92 Å². The minimum absolute atomic E-state index is 0. The molecule has 6 nitrogen and oxygen atoms in total. The monoisotopic (exact) mass is 381 g/mol. The number of hydrogen-bond acceptors (Lipinski definition) is 4. The van der Waals surface area contributed by atoms with E-state index in [0.29, 0.717) is 11.7 Å². The molecule has 1 amide bonds. The fourth-order valence-corrected chi connectivity index (χ4v) is 4.06. The van der Waals surface area contributed by atoms with Gasteiger partial charge in [-0.3, -0.25) is 14.4 Å². The average Bonchev–Trinajstić information content (AvgIpc) is 3.41. The van der Waals surface area contributed by atoms with Crippen LogP contribution in [0.15, 0.2) is 0 Å². The van der Waals surface area contributed by atoms with Crippen LogP contribution in [0.5, 0.6) is 0 Å². The van der Waals surface area contributed by atoms with E-state index in [9.17, 15) is 4.79 Å². The van der Waals surface area contributed by atoms with Crippen molar-refractivity contribution >= 4 is 18.3 Å². The van der Waals surface area contributed by atoms with Crippen LogP contribution in [-0.4, -0.2) is 64.3 Å². The summed E-state index contributed by atoms with van der Waals surface area (Å²) in [7, 11) is 0. The van der Waals surface area contributed by atoms with Crippen LogP contribution >= 0.6 is 12.4 Å². The summed E-state index contributed by atoms with van der Waals surface area (Å²) < 4.78 is 2.15. The Morgan fingerprint density at radius 1 is 1.27 bits per heavy atom. The highest BCUT2D eigenvalue weighted by molar-refractivity contribution is 5.94. The molecule has 1 atom stereocenters. The standard InChI is InChI=1S/C19H31N5O.ClH/c1-3-14(2)22-8-10-23(11-9-22)19(25)18-16-12-20-7-6-17(16)24(21-18)13-15-4-5-15;/h14-15,20H,3-13H2,1-2H3;1H. The lowest BCUT2D eigenvalue weighted by atomic mass is 10.1. The minimum Gasteiger partial charge on any atom is -0.335 e. The van der Waals surface area contributed by atoms with Crippen molar-refractivity contribution in [3.05, 3.63) is 17.0 Å². The molecule has 7 heteroatoms. The number of rotatable bonds is 5. The molecule has 0 radical (unpaired) electrons. The van der Waals surface area contributed by atoms with E-state index in [0.717, 1.165) is 63.7 Å². The number of halogens is 1. The van der Waals surface area contributed by atoms with Crippen molar-refractivity contribution < 1.29 is 4.79 Å². The highest BCUT2D eigenvalue weighted by Crippen LogP contribution is 2.32. The molecule has 0 spiro atoms. The molecule has 26 heavy (non-hydrogen) atoms. The lowest BCUT2D eigenvalue weighted by Crippen LogP contribution is -2.51. The van der Waals surface area contributed by atoms with Gasteiger partial charge in [-0.25, -0.2) is 0 Å². The summed E-state index contributed by atoms with van der Waals surface area (Å²) in [6, 6.07) is 0.604. The van der Waals surface area contributed by atoms with Gasteiger partial charge in [0.05, 0.1) is 0 Å². The molecule has 2 fully saturated rings. The molecule has 1 aliphatic carbocycles. The molecule has 2 aliphatic heterocycles. The van der Waals surface area contributed by atoms with Crippen molar-refractivity contribution in [3.63, 3.8) is 0 Å². The van der Waals surface area contributed by atoms with E-state index in [1.165, 1.54) is 25.0 Å². The summed E-state index contributed by atoms with van der Waals surface area (Å²) in [4.78, 5) is 17.6. The second-order valence-corrected chi connectivity index (χ2v) is 7.91. The van der Waals surface area contributed by atoms with E-state index in [4.69, 9.17) is 5.10 Å². The fraction of sp³-hybridized carbons (Fsp3) is 0.789. The molecule has 1 N–H and O–H groups in total. The van der Waals surface area contributed by atoms with Crippen molar-refractivity contribution in [2.24, 2.45) is 5.92 Å². The van der Waals surface area contributed by atoms with Crippen molar-refractivity contribution in [3.8, 4) is 0 Å². The minimum atomic E-state index is 0. The number of aromatic nitrogens is 2. The highest BCUT2D eigenvalue weighted by atomic mass is 35.5. The third kappa shape index (κ3) is 3.92. The van der Waals surface area contributed by atoms with Crippen LogP contribution in [-0.2, 0) is 19.5 Å². The van der Waals surface area contributed by atoms with Crippen LogP contribution in [0, 0.1) is 5.92 Å².